The maximum Gasteiger partial charge on any atom is 0.193 e. The van der Waals surface area contributed by atoms with Crippen LogP contribution < -0.4 is 10.6 Å². The van der Waals surface area contributed by atoms with E-state index in [4.69, 9.17) is 12.2 Å². The molecule has 0 saturated heterocycles. The van der Waals surface area contributed by atoms with Gasteiger partial charge in [-0.3, -0.25) is 4.79 Å². The van der Waals surface area contributed by atoms with Gasteiger partial charge in [-0.05, 0) is 71.6 Å². The second-order valence-electron chi connectivity index (χ2n) is 5.50. The van der Waals surface area contributed by atoms with Crippen molar-refractivity contribution < 1.29 is 9.90 Å². The molecule has 2 aromatic carbocycles. The van der Waals surface area contributed by atoms with Crippen molar-refractivity contribution >= 4 is 45.7 Å². The van der Waals surface area contributed by atoms with E-state index in [1.807, 2.05) is 31.2 Å². The number of carbonyl (C=O) groups excluding carboxylic acids is 1. The molecule has 24 heavy (non-hydrogen) atoms. The maximum atomic E-state index is 13.1. The number of hydrogen-bond acceptors (Lipinski definition) is 3. The van der Waals surface area contributed by atoms with Crippen molar-refractivity contribution in [2.75, 3.05) is 0 Å². The Morgan fingerprint density at radius 3 is 2.67 bits per heavy atom. The van der Waals surface area contributed by atoms with Crippen LogP contribution in [0, 0.1) is 3.57 Å². The Morgan fingerprint density at radius 2 is 1.96 bits per heavy atom. The van der Waals surface area contributed by atoms with Gasteiger partial charge in [-0.25, -0.2) is 0 Å². The topological polar surface area (TPSA) is 61.4 Å². The molecule has 1 aliphatic heterocycles. The van der Waals surface area contributed by atoms with Crippen LogP contribution in [0.2, 0.25) is 0 Å². The number of hydrogen-bond donors (Lipinski definition) is 3. The lowest BCUT2D eigenvalue weighted by Gasteiger charge is -2.30. The summed E-state index contributed by atoms with van der Waals surface area (Å²) in [6.07, 6.45) is 0. The minimum atomic E-state index is -0.406. The maximum absolute atomic E-state index is 13.1. The van der Waals surface area contributed by atoms with Crippen molar-refractivity contribution in [3.05, 3.63) is 74.5 Å². The Hall–Kier alpha value is -1.93. The molecule has 6 heteroatoms. The van der Waals surface area contributed by atoms with E-state index in [-0.39, 0.29) is 11.5 Å². The zero-order chi connectivity index (χ0) is 17.3. The molecule has 0 saturated carbocycles. The molecular formula is C18H15IN2O2S. The summed E-state index contributed by atoms with van der Waals surface area (Å²) in [4.78, 5) is 13.1. The van der Waals surface area contributed by atoms with Gasteiger partial charge < -0.3 is 15.7 Å². The Morgan fingerprint density at radius 1 is 1.21 bits per heavy atom. The average molecular weight is 450 g/mol. The van der Waals surface area contributed by atoms with Crippen molar-refractivity contribution in [1.82, 2.24) is 10.6 Å². The summed E-state index contributed by atoms with van der Waals surface area (Å²) in [5, 5.41) is 16.4. The zero-order valence-corrected chi connectivity index (χ0v) is 15.8. The molecule has 0 amide bonds. The van der Waals surface area contributed by atoms with Gasteiger partial charge in [0.2, 0.25) is 0 Å². The standard InChI is InChI=1S/C18H15IN2O2S/c1-10-15(17(23)12-5-2-6-13(19)8-12)16(21-18(24)20-10)11-4-3-7-14(22)9-11/h2-9,16,22H,1H3,(H2,20,21,24). The Balaban J connectivity index is 2.08. The first-order valence-corrected chi connectivity index (χ1v) is 8.82. The van der Waals surface area contributed by atoms with Crippen LogP contribution in [0.4, 0.5) is 0 Å². The van der Waals surface area contributed by atoms with Crippen LogP contribution >= 0.6 is 34.8 Å². The lowest BCUT2D eigenvalue weighted by atomic mass is 9.89. The average Bonchev–Trinajstić information content (AvgIpc) is 2.53. The van der Waals surface area contributed by atoms with Gasteiger partial charge in [-0.1, -0.05) is 24.3 Å². The van der Waals surface area contributed by atoms with E-state index in [9.17, 15) is 9.90 Å². The van der Waals surface area contributed by atoms with Crippen LogP contribution in [-0.2, 0) is 0 Å². The number of benzene rings is 2. The van der Waals surface area contributed by atoms with Crippen LogP contribution in [0.15, 0.2) is 59.8 Å². The molecule has 0 radical (unpaired) electrons. The molecule has 1 atom stereocenters. The molecule has 0 aromatic heterocycles. The van der Waals surface area contributed by atoms with E-state index in [0.717, 1.165) is 14.8 Å². The van der Waals surface area contributed by atoms with Crippen molar-refractivity contribution in [3.8, 4) is 5.75 Å². The molecule has 1 aliphatic rings. The van der Waals surface area contributed by atoms with Gasteiger partial charge in [0, 0.05) is 20.4 Å². The number of nitrogens with one attached hydrogen (secondary N) is 2. The summed E-state index contributed by atoms with van der Waals surface area (Å²) >= 11 is 7.42. The second kappa shape index (κ2) is 6.90. The van der Waals surface area contributed by atoms with Gasteiger partial charge in [-0.15, -0.1) is 0 Å². The van der Waals surface area contributed by atoms with Crippen molar-refractivity contribution in [2.24, 2.45) is 0 Å². The predicted molar refractivity (Wildman–Crippen MR) is 106 cm³/mol. The third kappa shape index (κ3) is 3.44. The lowest BCUT2D eigenvalue weighted by Crippen LogP contribution is -2.44. The fourth-order valence-electron chi connectivity index (χ4n) is 2.73. The first-order valence-electron chi connectivity index (χ1n) is 7.33. The summed E-state index contributed by atoms with van der Waals surface area (Å²) in [6, 6.07) is 13.9. The number of phenolic OH excluding ortho intramolecular Hbond substituents is 1. The van der Waals surface area contributed by atoms with E-state index in [1.165, 1.54) is 0 Å². The molecule has 0 bridgehead atoms. The van der Waals surface area contributed by atoms with Gasteiger partial charge in [0.15, 0.2) is 10.9 Å². The fourth-order valence-corrected chi connectivity index (χ4v) is 3.55. The molecular weight excluding hydrogens is 435 g/mol. The smallest absolute Gasteiger partial charge is 0.193 e. The number of carbonyl (C=O) groups is 1. The van der Waals surface area contributed by atoms with Crippen LogP contribution in [0.3, 0.4) is 0 Å². The number of Topliss-reactive ketones (excluding diaryl/α,β-unsaturated/α-hetero) is 1. The highest BCUT2D eigenvalue weighted by atomic mass is 127. The minimum absolute atomic E-state index is 0.0677. The van der Waals surface area contributed by atoms with Crippen molar-refractivity contribution in [1.29, 1.82) is 0 Å². The molecule has 1 unspecified atom stereocenters. The van der Waals surface area contributed by atoms with Crippen LogP contribution in [0.25, 0.3) is 0 Å². The zero-order valence-electron chi connectivity index (χ0n) is 12.8. The number of thiocarbonyl (C=S) groups is 1. The quantitative estimate of drug-likeness (QED) is 0.379. The first-order chi connectivity index (χ1) is 11.5. The molecule has 3 rings (SSSR count). The second-order valence-corrected chi connectivity index (χ2v) is 7.16. The molecule has 2 aromatic rings. The minimum Gasteiger partial charge on any atom is -0.508 e. The number of allylic oxidation sites excluding steroid dienone is 1. The number of ketones is 1. The molecule has 0 fully saturated rings. The first kappa shape index (κ1) is 16.9. The third-order valence-corrected chi connectivity index (χ3v) is 4.70. The summed E-state index contributed by atoms with van der Waals surface area (Å²) in [6.45, 7) is 1.84. The normalized spacial score (nSPS) is 17.2. The molecule has 4 nitrogen and oxygen atoms in total. The Labute approximate surface area is 159 Å². The highest BCUT2D eigenvalue weighted by Crippen LogP contribution is 2.31. The van der Waals surface area contributed by atoms with Crippen molar-refractivity contribution in [3.63, 3.8) is 0 Å². The van der Waals surface area contributed by atoms with Gasteiger partial charge >= 0.3 is 0 Å². The summed E-state index contributed by atoms with van der Waals surface area (Å²) in [7, 11) is 0. The predicted octanol–water partition coefficient (Wildman–Crippen LogP) is 3.67. The Kier molecular flexibility index (Phi) is 4.86. The molecule has 0 aliphatic carbocycles. The van der Waals surface area contributed by atoms with E-state index < -0.39 is 6.04 Å². The number of phenols is 1. The highest BCUT2D eigenvalue weighted by molar-refractivity contribution is 14.1. The Bertz CT molecular complexity index is 864. The van der Waals surface area contributed by atoms with Crippen LogP contribution in [0.1, 0.15) is 28.9 Å². The monoisotopic (exact) mass is 450 g/mol. The van der Waals surface area contributed by atoms with Gasteiger partial charge in [0.1, 0.15) is 5.75 Å². The van der Waals surface area contributed by atoms with Gasteiger partial charge in [0.05, 0.1) is 6.04 Å². The summed E-state index contributed by atoms with van der Waals surface area (Å²) in [5.74, 6) is 0.0827. The van der Waals surface area contributed by atoms with Crippen LogP contribution in [-0.4, -0.2) is 16.0 Å². The van der Waals surface area contributed by atoms with E-state index in [2.05, 4.69) is 33.2 Å². The van der Waals surface area contributed by atoms with E-state index in [1.54, 1.807) is 24.3 Å². The van der Waals surface area contributed by atoms with E-state index >= 15 is 0 Å². The van der Waals surface area contributed by atoms with Crippen molar-refractivity contribution in [2.45, 2.75) is 13.0 Å². The largest absolute Gasteiger partial charge is 0.508 e. The van der Waals surface area contributed by atoms with Gasteiger partial charge in [0.25, 0.3) is 0 Å². The lowest BCUT2D eigenvalue weighted by molar-refractivity contribution is 0.102. The SMILES string of the molecule is CC1=C(C(=O)c2cccc(I)c2)C(c2cccc(O)c2)NC(=S)N1. The summed E-state index contributed by atoms with van der Waals surface area (Å²) < 4.78 is 0.998. The molecule has 122 valence electrons. The highest BCUT2D eigenvalue weighted by Gasteiger charge is 2.30. The number of aromatic hydroxyl groups is 1. The molecule has 1 heterocycles. The summed E-state index contributed by atoms with van der Waals surface area (Å²) in [5.41, 5.74) is 2.72. The van der Waals surface area contributed by atoms with Crippen LogP contribution in [0.5, 0.6) is 5.75 Å². The van der Waals surface area contributed by atoms with E-state index in [0.29, 0.717) is 16.2 Å². The van der Waals surface area contributed by atoms with Gasteiger partial charge in [-0.2, -0.15) is 0 Å². The molecule has 0 spiro atoms. The fraction of sp³-hybridized carbons (Fsp3) is 0.111. The molecule has 3 N–H and O–H groups in total. The third-order valence-electron chi connectivity index (χ3n) is 3.80. The number of halogens is 1. The number of rotatable bonds is 3.